The first-order chi connectivity index (χ1) is 9.69. The molecule has 1 heterocycles. The lowest BCUT2D eigenvalue weighted by Crippen LogP contribution is -2.04. The number of aryl methyl sites for hydroxylation is 1. The number of methoxy groups -OCH3 is 2. The van der Waals surface area contributed by atoms with E-state index in [1.165, 1.54) is 5.56 Å². The van der Waals surface area contributed by atoms with Gasteiger partial charge in [-0.05, 0) is 43.5 Å². The number of imidazole rings is 1. The van der Waals surface area contributed by atoms with Crippen LogP contribution in [0.5, 0.6) is 5.75 Å². The summed E-state index contributed by atoms with van der Waals surface area (Å²) in [7, 11) is 3.43. The summed E-state index contributed by atoms with van der Waals surface area (Å²) in [4.78, 5) is 4.50. The number of ether oxygens (including phenoxy) is 2. The summed E-state index contributed by atoms with van der Waals surface area (Å²) >= 11 is 0. The molecule has 0 atom stereocenters. The van der Waals surface area contributed by atoms with Crippen molar-refractivity contribution < 1.29 is 9.47 Å². The van der Waals surface area contributed by atoms with Crippen LogP contribution in [0.25, 0.3) is 11.4 Å². The largest absolute Gasteiger partial charge is 0.496 e. The molecule has 0 unspecified atom stereocenters. The second kappa shape index (κ2) is 6.57. The van der Waals surface area contributed by atoms with Gasteiger partial charge in [-0.15, -0.1) is 0 Å². The van der Waals surface area contributed by atoms with Crippen LogP contribution < -0.4 is 4.74 Å². The van der Waals surface area contributed by atoms with E-state index in [1.807, 2.05) is 18.5 Å². The average Bonchev–Trinajstić information content (AvgIpc) is 2.90. The molecule has 0 aliphatic rings. The molecule has 2 aromatic rings. The molecular weight excluding hydrogens is 252 g/mol. The highest BCUT2D eigenvalue weighted by atomic mass is 16.5. The molecular formula is C16H22N2O2. The minimum atomic E-state index is 0.762. The monoisotopic (exact) mass is 274 g/mol. The molecule has 4 nitrogen and oxygen atoms in total. The van der Waals surface area contributed by atoms with Crippen LogP contribution in [-0.2, 0) is 11.3 Å². The highest BCUT2D eigenvalue weighted by Crippen LogP contribution is 2.30. The molecule has 1 aromatic heterocycles. The van der Waals surface area contributed by atoms with Crippen LogP contribution in [0.2, 0.25) is 0 Å². The molecule has 0 saturated carbocycles. The van der Waals surface area contributed by atoms with E-state index in [9.17, 15) is 0 Å². The molecule has 4 heteroatoms. The van der Waals surface area contributed by atoms with Gasteiger partial charge in [0.1, 0.15) is 11.6 Å². The third-order valence-electron chi connectivity index (χ3n) is 3.66. The van der Waals surface area contributed by atoms with Crippen molar-refractivity contribution in [3.8, 4) is 17.1 Å². The van der Waals surface area contributed by atoms with E-state index in [1.54, 1.807) is 14.2 Å². The normalized spacial score (nSPS) is 10.8. The van der Waals surface area contributed by atoms with Gasteiger partial charge >= 0.3 is 0 Å². The van der Waals surface area contributed by atoms with E-state index < -0.39 is 0 Å². The van der Waals surface area contributed by atoms with Crippen molar-refractivity contribution in [1.82, 2.24) is 9.55 Å². The molecule has 0 fully saturated rings. The van der Waals surface area contributed by atoms with E-state index in [4.69, 9.17) is 9.47 Å². The van der Waals surface area contributed by atoms with E-state index in [0.29, 0.717) is 0 Å². The predicted octanol–water partition coefficient (Wildman–Crippen LogP) is 3.21. The van der Waals surface area contributed by atoms with E-state index in [2.05, 4.69) is 29.5 Å². The standard InChI is InChI=1S/C16H22N2O2/c1-12-13(2)15(20-4)7-6-14(12)16-17-8-10-18(16)9-5-11-19-3/h6-8,10H,5,9,11H2,1-4H3. The van der Waals surface area contributed by atoms with Gasteiger partial charge < -0.3 is 14.0 Å². The zero-order valence-corrected chi connectivity index (χ0v) is 12.6. The van der Waals surface area contributed by atoms with E-state index in [-0.39, 0.29) is 0 Å². The summed E-state index contributed by atoms with van der Waals surface area (Å²) in [6.07, 6.45) is 4.85. The van der Waals surface area contributed by atoms with Crippen molar-refractivity contribution in [2.75, 3.05) is 20.8 Å². The molecule has 1 aromatic carbocycles. The molecule has 0 bridgehead atoms. The van der Waals surface area contributed by atoms with Crippen LogP contribution in [-0.4, -0.2) is 30.4 Å². The first kappa shape index (κ1) is 14.6. The Balaban J connectivity index is 2.33. The molecule has 0 spiro atoms. The molecule has 0 aliphatic heterocycles. The van der Waals surface area contributed by atoms with Crippen molar-refractivity contribution in [3.63, 3.8) is 0 Å². The maximum atomic E-state index is 5.36. The predicted molar refractivity (Wildman–Crippen MR) is 80.2 cm³/mol. The van der Waals surface area contributed by atoms with Crippen molar-refractivity contribution >= 4 is 0 Å². The molecule has 0 aliphatic carbocycles. The minimum Gasteiger partial charge on any atom is -0.496 e. The number of rotatable bonds is 6. The third kappa shape index (κ3) is 2.85. The SMILES string of the molecule is COCCCn1ccnc1-c1ccc(OC)c(C)c1C. The Hall–Kier alpha value is -1.81. The lowest BCUT2D eigenvalue weighted by atomic mass is 10.0. The Morgan fingerprint density at radius 3 is 2.65 bits per heavy atom. The lowest BCUT2D eigenvalue weighted by Gasteiger charge is -2.14. The number of hydrogen-bond donors (Lipinski definition) is 0. The first-order valence-electron chi connectivity index (χ1n) is 6.83. The highest BCUT2D eigenvalue weighted by molar-refractivity contribution is 5.64. The fourth-order valence-electron chi connectivity index (χ4n) is 2.37. The average molecular weight is 274 g/mol. The second-order valence-electron chi connectivity index (χ2n) is 4.86. The second-order valence-corrected chi connectivity index (χ2v) is 4.86. The van der Waals surface area contributed by atoms with Crippen molar-refractivity contribution in [1.29, 1.82) is 0 Å². The van der Waals surface area contributed by atoms with Gasteiger partial charge in [0.05, 0.1) is 7.11 Å². The highest BCUT2D eigenvalue weighted by Gasteiger charge is 2.12. The van der Waals surface area contributed by atoms with Gasteiger partial charge in [0.15, 0.2) is 0 Å². The van der Waals surface area contributed by atoms with Crippen LogP contribution in [0.1, 0.15) is 17.5 Å². The number of aromatic nitrogens is 2. The van der Waals surface area contributed by atoms with Gasteiger partial charge in [-0.25, -0.2) is 4.98 Å². The zero-order chi connectivity index (χ0) is 14.5. The fraction of sp³-hybridized carbons (Fsp3) is 0.438. The number of hydrogen-bond acceptors (Lipinski definition) is 3. The van der Waals surface area contributed by atoms with Gasteiger partial charge in [0.2, 0.25) is 0 Å². The number of benzene rings is 1. The Labute approximate surface area is 120 Å². The molecule has 20 heavy (non-hydrogen) atoms. The molecule has 0 radical (unpaired) electrons. The maximum absolute atomic E-state index is 5.36. The molecule has 2 rings (SSSR count). The number of nitrogens with zero attached hydrogens (tertiary/aromatic N) is 2. The van der Waals surface area contributed by atoms with Crippen molar-refractivity contribution in [3.05, 3.63) is 35.7 Å². The Kier molecular flexibility index (Phi) is 4.79. The summed E-state index contributed by atoms with van der Waals surface area (Å²) in [5.74, 6) is 1.92. The van der Waals surface area contributed by atoms with Gasteiger partial charge in [-0.1, -0.05) is 0 Å². The lowest BCUT2D eigenvalue weighted by molar-refractivity contribution is 0.190. The van der Waals surface area contributed by atoms with Gasteiger partial charge in [0.25, 0.3) is 0 Å². The zero-order valence-electron chi connectivity index (χ0n) is 12.6. The first-order valence-corrected chi connectivity index (χ1v) is 6.83. The van der Waals surface area contributed by atoms with E-state index >= 15 is 0 Å². The van der Waals surface area contributed by atoms with Gasteiger partial charge in [0, 0.05) is 38.2 Å². The van der Waals surface area contributed by atoms with Crippen LogP contribution in [0.15, 0.2) is 24.5 Å². The van der Waals surface area contributed by atoms with Crippen molar-refractivity contribution in [2.45, 2.75) is 26.8 Å². The van der Waals surface area contributed by atoms with Gasteiger partial charge in [-0.3, -0.25) is 0 Å². The summed E-state index contributed by atoms with van der Waals surface area (Å²) < 4.78 is 12.6. The van der Waals surface area contributed by atoms with E-state index in [0.717, 1.165) is 42.3 Å². The smallest absolute Gasteiger partial charge is 0.140 e. The topological polar surface area (TPSA) is 36.3 Å². The van der Waals surface area contributed by atoms with Crippen LogP contribution in [0, 0.1) is 13.8 Å². The Morgan fingerprint density at radius 1 is 1.15 bits per heavy atom. The minimum absolute atomic E-state index is 0.762. The molecule has 0 saturated heterocycles. The Morgan fingerprint density at radius 2 is 1.95 bits per heavy atom. The fourth-order valence-corrected chi connectivity index (χ4v) is 2.37. The summed E-state index contributed by atoms with van der Waals surface area (Å²) in [6.45, 7) is 5.86. The third-order valence-corrected chi connectivity index (χ3v) is 3.66. The van der Waals surface area contributed by atoms with Crippen molar-refractivity contribution in [2.24, 2.45) is 0 Å². The summed E-state index contributed by atoms with van der Waals surface area (Å²) in [6, 6.07) is 4.09. The Bertz CT molecular complexity index is 576. The summed E-state index contributed by atoms with van der Waals surface area (Å²) in [5.41, 5.74) is 3.53. The molecule has 0 N–H and O–H groups in total. The van der Waals surface area contributed by atoms with Crippen LogP contribution in [0.3, 0.4) is 0 Å². The maximum Gasteiger partial charge on any atom is 0.140 e. The van der Waals surface area contributed by atoms with Crippen LogP contribution >= 0.6 is 0 Å². The van der Waals surface area contributed by atoms with Gasteiger partial charge in [-0.2, -0.15) is 0 Å². The molecule has 108 valence electrons. The summed E-state index contributed by atoms with van der Waals surface area (Å²) in [5, 5.41) is 0. The quantitative estimate of drug-likeness (QED) is 0.759. The molecule has 0 amide bonds. The van der Waals surface area contributed by atoms with Crippen LogP contribution in [0.4, 0.5) is 0 Å².